The Labute approximate surface area is 188 Å². The maximum Gasteiger partial charge on any atom is 0.250 e. The maximum atomic E-state index is 11.9. The molecule has 1 aromatic heterocycles. The van der Waals surface area contributed by atoms with Crippen LogP contribution < -0.4 is 5.43 Å². The van der Waals surface area contributed by atoms with Gasteiger partial charge in [0, 0.05) is 15.2 Å². The first-order valence-corrected chi connectivity index (χ1v) is 12.0. The standard InChI is InChI=1S/C18H14BrClN4OS3/c19-14-3-1-2-13(8-14)9-21-22-16(25)11-27-18-24-23-17(28-18)26-10-12-4-6-15(20)7-5-12/h1-9H,10-11H2,(H,22,25). The van der Waals surface area contributed by atoms with E-state index in [1.54, 1.807) is 18.0 Å². The summed E-state index contributed by atoms with van der Waals surface area (Å²) in [7, 11) is 0. The molecular weight excluding hydrogens is 500 g/mol. The Kier molecular flexibility index (Phi) is 8.35. The van der Waals surface area contributed by atoms with Gasteiger partial charge in [-0.1, -0.05) is 86.7 Å². The van der Waals surface area contributed by atoms with Crippen LogP contribution in [0, 0.1) is 0 Å². The van der Waals surface area contributed by atoms with Crippen molar-refractivity contribution in [2.75, 3.05) is 5.75 Å². The highest BCUT2D eigenvalue weighted by Gasteiger charge is 2.08. The van der Waals surface area contributed by atoms with Crippen LogP contribution >= 0.6 is 62.4 Å². The Morgan fingerprint density at radius 3 is 2.68 bits per heavy atom. The fourth-order valence-corrected chi connectivity index (χ4v) is 5.28. The molecule has 10 heteroatoms. The number of rotatable bonds is 8. The van der Waals surface area contributed by atoms with Crippen molar-refractivity contribution in [3.63, 3.8) is 0 Å². The molecule has 2 aromatic carbocycles. The van der Waals surface area contributed by atoms with Crippen LogP contribution in [-0.4, -0.2) is 28.1 Å². The molecule has 28 heavy (non-hydrogen) atoms. The van der Waals surface area contributed by atoms with Crippen LogP contribution in [0.2, 0.25) is 5.02 Å². The zero-order valence-electron chi connectivity index (χ0n) is 14.3. The largest absolute Gasteiger partial charge is 0.272 e. The number of hydrogen-bond donors (Lipinski definition) is 1. The number of hydrogen-bond acceptors (Lipinski definition) is 7. The third-order valence-electron chi connectivity index (χ3n) is 3.24. The van der Waals surface area contributed by atoms with Gasteiger partial charge in [0.05, 0.1) is 12.0 Å². The summed E-state index contributed by atoms with van der Waals surface area (Å²) in [5, 5.41) is 13.0. The molecule has 0 aliphatic heterocycles. The van der Waals surface area contributed by atoms with Crippen LogP contribution in [-0.2, 0) is 10.5 Å². The highest BCUT2D eigenvalue weighted by molar-refractivity contribution is 9.10. The van der Waals surface area contributed by atoms with Gasteiger partial charge < -0.3 is 0 Å². The molecule has 3 aromatic rings. The number of thioether (sulfide) groups is 2. The zero-order chi connectivity index (χ0) is 19.8. The van der Waals surface area contributed by atoms with Crippen LogP contribution in [0.4, 0.5) is 0 Å². The van der Waals surface area contributed by atoms with Crippen molar-refractivity contribution in [2.45, 2.75) is 14.4 Å². The number of halogens is 2. The molecule has 5 nitrogen and oxygen atoms in total. The number of nitrogens with one attached hydrogen (secondary N) is 1. The minimum absolute atomic E-state index is 0.193. The first-order chi connectivity index (χ1) is 13.6. The van der Waals surface area contributed by atoms with E-state index < -0.39 is 0 Å². The first-order valence-electron chi connectivity index (χ1n) is 7.99. The van der Waals surface area contributed by atoms with Gasteiger partial charge in [-0.25, -0.2) is 5.43 Å². The van der Waals surface area contributed by atoms with Crippen LogP contribution in [0.1, 0.15) is 11.1 Å². The second-order valence-corrected chi connectivity index (χ2v) is 10.2. The van der Waals surface area contributed by atoms with Gasteiger partial charge in [-0.05, 0) is 35.4 Å². The topological polar surface area (TPSA) is 67.2 Å². The van der Waals surface area contributed by atoms with E-state index in [4.69, 9.17) is 11.6 Å². The number of carbonyl (C=O) groups excluding carboxylic acids is 1. The molecule has 0 aliphatic rings. The number of nitrogens with zero attached hydrogens (tertiary/aromatic N) is 3. The summed E-state index contributed by atoms with van der Waals surface area (Å²) in [6, 6.07) is 15.4. The number of hydrazone groups is 1. The summed E-state index contributed by atoms with van der Waals surface area (Å²) in [6.45, 7) is 0. The molecule has 3 rings (SSSR count). The van der Waals surface area contributed by atoms with Crippen LogP contribution in [0.3, 0.4) is 0 Å². The molecule has 0 radical (unpaired) electrons. The average Bonchev–Trinajstić information content (AvgIpc) is 3.14. The highest BCUT2D eigenvalue weighted by atomic mass is 79.9. The quantitative estimate of drug-likeness (QED) is 0.245. The molecule has 0 saturated carbocycles. The summed E-state index contributed by atoms with van der Waals surface area (Å²) >= 11 is 13.7. The average molecular weight is 514 g/mol. The van der Waals surface area contributed by atoms with Gasteiger partial charge in [-0.3, -0.25) is 4.79 Å². The molecule has 0 saturated heterocycles. The Bertz CT molecular complexity index is 965. The van der Waals surface area contributed by atoms with Gasteiger partial charge in [0.25, 0.3) is 5.91 Å². The van der Waals surface area contributed by atoms with Gasteiger partial charge in [-0.15, -0.1) is 10.2 Å². The summed E-state index contributed by atoms with van der Waals surface area (Å²) in [5.41, 5.74) is 4.58. The van der Waals surface area contributed by atoms with Gasteiger partial charge in [0.1, 0.15) is 0 Å². The van der Waals surface area contributed by atoms with E-state index in [9.17, 15) is 4.79 Å². The van der Waals surface area contributed by atoms with Gasteiger partial charge in [-0.2, -0.15) is 5.10 Å². The van der Waals surface area contributed by atoms with E-state index in [1.807, 2.05) is 48.5 Å². The van der Waals surface area contributed by atoms with Crippen molar-refractivity contribution in [2.24, 2.45) is 5.10 Å². The Morgan fingerprint density at radius 1 is 1.18 bits per heavy atom. The normalized spacial score (nSPS) is 11.1. The van der Waals surface area contributed by atoms with E-state index in [2.05, 4.69) is 36.7 Å². The van der Waals surface area contributed by atoms with Crippen molar-refractivity contribution in [3.05, 3.63) is 69.2 Å². The van der Waals surface area contributed by atoms with E-state index in [1.165, 1.54) is 28.7 Å². The molecule has 0 aliphatic carbocycles. The van der Waals surface area contributed by atoms with E-state index >= 15 is 0 Å². The van der Waals surface area contributed by atoms with Gasteiger partial charge in [0.15, 0.2) is 8.68 Å². The first kappa shape index (κ1) is 21.3. The minimum Gasteiger partial charge on any atom is -0.272 e. The van der Waals surface area contributed by atoms with Crippen molar-refractivity contribution in [1.29, 1.82) is 0 Å². The molecule has 0 bridgehead atoms. The van der Waals surface area contributed by atoms with Crippen molar-refractivity contribution < 1.29 is 4.79 Å². The third-order valence-corrected chi connectivity index (χ3v) is 7.25. The fourth-order valence-electron chi connectivity index (χ4n) is 1.96. The number of carbonyl (C=O) groups is 1. The Hall–Kier alpha value is -1.39. The summed E-state index contributed by atoms with van der Waals surface area (Å²) in [5.74, 6) is 0.829. The van der Waals surface area contributed by atoms with Gasteiger partial charge >= 0.3 is 0 Å². The van der Waals surface area contributed by atoms with Crippen molar-refractivity contribution in [1.82, 2.24) is 15.6 Å². The summed E-state index contributed by atoms with van der Waals surface area (Å²) < 4.78 is 2.58. The Balaban J connectivity index is 1.41. The lowest BCUT2D eigenvalue weighted by atomic mass is 10.2. The van der Waals surface area contributed by atoms with Crippen LogP contribution in [0.15, 0.2) is 66.8 Å². The third kappa shape index (κ3) is 7.21. The zero-order valence-corrected chi connectivity index (χ0v) is 19.1. The van der Waals surface area contributed by atoms with Crippen molar-refractivity contribution in [3.8, 4) is 0 Å². The SMILES string of the molecule is O=C(CSc1nnc(SCc2ccc(Cl)cc2)s1)NN=Cc1cccc(Br)c1. The predicted molar refractivity (Wildman–Crippen MR) is 122 cm³/mol. The molecule has 0 unspecified atom stereocenters. The van der Waals surface area contributed by atoms with E-state index in [0.29, 0.717) is 0 Å². The molecule has 0 spiro atoms. The lowest BCUT2D eigenvalue weighted by Gasteiger charge is -1.98. The lowest BCUT2D eigenvalue weighted by Crippen LogP contribution is -2.19. The molecule has 144 valence electrons. The van der Waals surface area contributed by atoms with Gasteiger partial charge in [0.2, 0.25) is 0 Å². The summed E-state index contributed by atoms with van der Waals surface area (Å²) in [4.78, 5) is 11.9. The molecule has 1 heterocycles. The second-order valence-electron chi connectivity index (χ2n) is 5.39. The minimum atomic E-state index is -0.193. The number of benzene rings is 2. The molecule has 0 fully saturated rings. The smallest absolute Gasteiger partial charge is 0.250 e. The monoisotopic (exact) mass is 512 g/mol. The van der Waals surface area contributed by atoms with E-state index in [-0.39, 0.29) is 11.7 Å². The van der Waals surface area contributed by atoms with Crippen molar-refractivity contribution >= 4 is 74.5 Å². The predicted octanol–water partition coefficient (Wildman–Crippen LogP) is 5.49. The number of amides is 1. The number of aromatic nitrogens is 2. The highest BCUT2D eigenvalue weighted by Crippen LogP contribution is 2.30. The molecular formula is C18H14BrClN4OS3. The van der Waals surface area contributed by atoms with Crippen LogP contribution in [0.5, 0.6) is 0 Å². The van der Waals surface area contributed by atoms with E-state index in [0.717, 1.165) is 29.5 Å². The summed E-state index contributed by atoms with van der Waals surface area (Å²) in [6.07, 6.45) is 1.60. The van der Waals surface area contributed by atoms with Crippen LogP contribution in [0.25, 0.3) is 0 Å². The molecule has 1 amide bonds. The fraction of sp³-hybridized carbons (Fsp3) is 0.111. The maximum absolute atomic E-state index is 11.9. The molecule has 0 atom stereocenters. The lowest BCUT2D eigenvalue weighted by molar-refractivity contribution is -0.118. The molecule has 1 N–H and O–H groups in total. The Morgan fingerprint density at radius 2 is 1.93 bits per heavy atom. The second kappa shape index (κ2) is 11.0.